The van der Waals surface area contributed by atoms with Gasteiger partial charge in [-0.05, 0) is 35.7 Å². The average Bonchev–Trinajstić information content (AvgIpc) is 2.82. The highest BCUT2D eigenvalue weighted by Gasteiger charge is 2.47. The first-order valence-corrected chi connectivity index (χ1v) is 11.6. The highest BCUT2D eigenvalue weighted by atomic mass is 32.2. The fourth-order valence-corrected chi connectivity index (χ4v) is 4.72. The smallest absolute Gasteiger partial charge is 0.340 e. The topological polar surface area (TPSA) is 60.4 Å². The van der Waals surface area contributed by atoms with E-state index in [2.05, 4.69) is 0 Å². The Hall–Kier alpha value is -3.70. The summed E-state index contributed by atoms with van der Waals surface area (Å²) in [5.74, 6) is -0.887. The third-order valence-electron chi connectivity index (χ3n) is 5.42. The third kappa shape index (κ3) is 3.95. The van der Waals surface area contributed by atoms with Gasteiger partial charge in [-0.15, -0.1) is 0 Å². The largest absolute Gasteiger partial charge is 0.341 e. The van der Waals surface area contributed by atoms with Crippen molar-refractivity contribution in [3.05, 3.63) is 138 Å². The van der Waals surface area contributed by atoms with Crippen LogP contribution in [-0.4, -0.2) is 14.4 Å². The molecule has 0 aliphatic rings. The predicted octanol–water partition coefficient (Wildman–Crippen LogP) is 5.26. The molecule has 4 nitrogen and oxygen atoms in total. The first kappa shape index (κ1) is 21.5. The van der Waals surface area contributed by atoms with Gasteiger partial charge < -0.3 is 4.18 Å². The lowest BCUT2D eigenvalue weighted by Gasteiger charge is -2.33. The second kappa shape index (κ2) is 8.81. The van der Waals surface area contributed by atoms with Gasteiger partial charge in [0.05, 0.1) is 0 Å². The van der Waals surface area contributed by atoms with Crippen LogP contribution in [0.25, 0.3) is 0 Å². The second-order valence-electron chi connectivity index (χ2n) is 7.49. The molecule has 0 aliphatic carbocycles. The van der Waals surface area contributed by atoms with E-state index in [0.717, 1.165) is 5.56 Å². The van der Waals surface area contributed by atoms with E-state index in [9.17, 15) is 13.2 Å². The van der Waals surface area contributed by atoms with Crippen molar-refractivity contribution < 1.29 is 17.4 Å². The highest BCUT2D eigenvalue weighted by molar-refractivity contribution is 7.87. The van der Waals surface area contributed by atoms with Crippen LogP contribution in [0, 0.1) is 6.92 Å². The average molecular weight is 443 g/mol. The highest BCUT2D eigenvalue weighted by Crippen LogP contribution is 2.41. The normalized spacial score (nSPS) is 11.7. The van der Waals surface area contributed by atoms with Crippen LogP contribution in [0.1, 0.15) is 22.3 Å². The Bertz CT molecular complexity index is 1200. The van der Waals surface area contributed by atoms with Gasteiger partial charge in [-0.25, -0.2) is 4.79 Å². The Labute approximate surface area is 188 Å². The van der Waals surface area contributed by atoms with E-state index in [4.69, 9.17) is 4.18 Å². The number of carbonyl (C=O) groups is 1. The quantitative estimate of drug-likeness (QED) is 0.302. The lowest BCUT2D eigenvalue weighted by molar-refractivity contribution is -0.137. The van der Waals surface area contributed by atoms with Crippen LogP contribution in [-0.2, 0) is 24.5 Å². The monoisotopic (exact) mass is 442 g/mol. The Morgan fingerprint density at radius 3 is 1.38 bits per heavy atom. The molecule has 0 saturated heterocycles. The Morgan fingerprint density at radius 2 is 1.00 bits per heavy atom. The van der Waals surface area contributed by atoms with Crippen molar-refractivity contribution in [2.75, 3.05) is 0 Å². The molecule has 0 amide bonds. The lowest BCUT2D eigenvalue weighted by Crippen LogP contribution is -2.41. The van der Waals surface area contributed by atoms with Gasteiger partial charge >= 0.3 is 16.1 Å². The molecule has 0 N–H and O–H groups in total. The van der Waals surface area contributed by atoms with Crippen molar-refractivity contribution >= 4 is 16.1 Å². The molecular weight excluding hydrogens is 420 g/mol. The molecule has 0 fully saturated rings. The number of rotatable bonds is 6. The molecule has 0 saturated carbocycles. The minimum Gasteiger partial charge on any atom is -0.340 e. The van der Waals surface area contributed by atoms with Crippen molar-refractivity contribution in [2.24, 2.45) is 0 Å². The van der Waals surface area contributed by atoms with Crippen LogP contribution in [0.4, 0.5) is 0 Å². The lowest BCUT2D eigenvalue weighted by atomic mass is 9.69. The van der Waals surface area contributed by atoms with Gasteiger partial charge in [0.15, 0.2) is 0 Å². The predicted molar refractivity (Wildman–Crippen MR) is 124 cm³/mol. The zero-order valence-corrected chi connectivity index (χ0v) is 18.3. The van der Waals surface area contributed by atoms with Crippen LogP contribution in [0.15, 0.2) is 120 Å². The van der Waals surface area contributed by atoms with E-state index >= 15 is 0 Å². The summed E-state index contributed by atoms with van der Waals surface area (Å²) in [4.78, 5) is 13.9. The van der Waals surface area contributed by atoms with Crippen LogP contribution in [0.5, 0.6) is 0 Å². The molecule has 4 rings (SSSR count). The first-order chi connectivity index (χ1) is 15.4. The fourth-order valence-electron chi connectivity index (χ4n) is 3.83. The summed E-state index contributed by atoms with van der Waals surface area (Å²) < 4.78 is 31.4. The SMILES string of the molecule is Cc1ccc(S(=O)(=O)OC(=O)C(c2ccccc2)(c2ccccc2)c2ccccc2)cc1. The molecule has 4 aromatic rings. The van der Waals surface area contributed by atoms with Crippen LogP contribution in [0.3, 0.4) is 0 Å². The molecule has 160 valence electrons. The standard InChI is InChI=1S/C27H22O4S/c1-21-17-19-25(20-18-21)32(29,30)31-26(28)27(22-11-5-2-6-12-22,23-13-7-3-8-14-23)24-15-9-4-10-16-24/h2-20H,1H3. The summed E-state index contributed by atoms with van der Waals surface area (Å²) in [5.41, 5.74) is 1.27. The van der Waals surface area contributed by atoms with E-state index in [1.165, 1.54) is 12.1 Å². The molecule has 0 radical (unpaired) electrons. The van der Waals surface area contributed by atoms with Gasteiger partial charge in [0, 0.05) is 0 Å². The van der Waals surface area contributed by atoms with Gasteiger partial charge in [-0.3, -0.25) is 0 Å². The fraction of sp³-hybridized carbons (Fsp3) is 0.0741. The summed E-state index contributed by atoms with van der Waals surface area (Å²) in [6.07, 6.45) is 0. The molecule has 0 unspecified atom stereocenters. The maximum Gasteiger partial charge on any atom is 0.341 e. The first-order valence-electron chi connectivity index (χ1n) is 10.2. The van der Waals surface area contributed by atoms with Crippen molar-refractivity contribution in [1.82, 2.24) is 0 Å². The maximum absolute atomic E-state index is 13.9. The number of benzene rings is 4. The van der Waals surface area contributed by atoms with Gasteiger partial charge in [-0.1, -0.05) is 109 Å². The molecular formula is C27H22O4S. The maximum atomic E-state index is 13.9. The third-order valence-corrected chi connectivity index (χ3v) is 6.64. The molecule has 0 heterocycles. The zero-order valence-electron chi connectivity index (χ0n) is 17.5. The molecule has 0 aromatic heterocycles. The van der Waals surface area contributed by atoms with Crippen molar-refractivity contribution in [1.29, 1.82) is 0 Å². The molecule has 32 heavy (non-hydrogen) atoms. The summed E-state index contributed by atoms with van der Waals surface area (Å²) in [6, 6.07) is 33.5. The molecule has 0 atom stereocenters. The van der Waals surface area contributed by atoms with Gasteiger partial charge in [0.1, 0.15) is 10.3 Å². The van der Waals surface area contributed by atoms with Gasteiger partial charge in [0.2, 0.25) is 0 Å². The molecule has 0 spiro atoms. The van der Waals surface area contributed by atoms with E-state index in [-0.39, 0.29) is 4.90 Å². The minimum absolute atomic E-state index is 0.0699. The van der Waals surface area contributed by atoms with E-state index in [1.54, 1.807) is 48.5 Å². The Morgan fingerprint density at radius 1 is 0.625 bits per heavy atom. The summed E-state index contributed by atoms with van der Waals surface area (Å²) in [5, 5.41) is 0. The number of aryl methyl sites for hydroxylation is 1. The number of hydrogen-bond donors (Lipinski definition) is 0. The van der Waals surface area contributed by atoms with Crippen molar-refractivity contribution in [2.45, 2.75) is 17.2 Å². The van der Waals surface area contributed by atoms with Crippen molar-refractivity contribution in [3.63, 3.8) is 0 Å². The Kier molecular flexibility index (Phi) is 5.93. The minimum atomic E-state index is -4.33. The number of carbonyl (C=O) groups excluding carboxylic acids is 1. The molecule has 5 heteroatoms. The number of hydrogen-bond acceptors (Lipinski definition) is 4. The van der Waals surface area contributed by atoms with Crippen LogP contribution >= 0.6 is 0 Å². The van der Waals surface area contributed by atoms with Gasteiger partial charge in [-0.2, -0.15) is 8.42 Å². The summed E-state index contributed by atoms with van der Waals surface area (Å²) in [6.45, 7) is 1.85. The van der Waals surface area contributed by atoms with E-state index < -0.39 is 21.5 Å². The van der Waals surface area contributed by atoms with Crippen LogP contribution < -0.4 is 0 Å². The molecule has 0 aliphatic heterocycles. The second-order valence-corrected chi connectivity index (χ2v) is 9.03. The molecule has 4 aromatic carbocycles. The summed E-state index contributed by atoms with van der Waals surface area (Å²) in [7, 11) is -4.33. The Balaban J connectivity index is 1.93. The molecule has 0 bridgehead atoms. The van der Waals surface area contributed by atoms with E-state index in [0.29, 0.717) is 16.7 Å². The zero-order chi connectivity index (χ0) is 22.6. The van der Waals surface area contributed by atoms with Crippen molar-refractivity contribution in [3.8, 4) is 0 Å². The van der Waals surface area contributed by atoms with E-state index in [1.807, 2.05) is 61.5 Å². The van der Waals surface area contributed by atoms with Crippen LogP contribution in [0.2, 0.25) is 0 Å². The summed E-state index contributed by atoms with van der Waals surface area (Å²) >= 11 is 0. The van der Waals surface area contributed by atoms with Gasteiger partial charge in [0.25, 0.3) is 0 Å².